The van der Waals surface area contributed by atoms with E-state index < -0.39 is 5.60 Å². The molecule has 1 rings (SSSR count). The molecule has 1 heterocycles. The number of nitrogens with zero attached hydrogens (tertiary/aromatic N) is 1. The molecule has 0 saturated heterocycles. The second-order valence-corrected chi connectivity index (χ2v) is 5.25. The van der Waals surface area contributed by atoms with Crippen LogP contribution in [0.15, 0.2) is 0 Å². The average Bonchev–Trinajstić information content (AvgIpc) is 2.29. The molecule has 14 heavy (non-hydrogen) atoms. The molecule has 3 nitrogen and oxygen atoms in total. The Morgan fingerprint density at radius 1 is 1.50 bits per heavy atom. The maximum absolute atomic E-state index is 9.95. The lowest BCUT2D eigenvalue weighted by Crippen LogP contribution is -2.30. The van der Waals surface area contributed by atoms with E-state index in [1.54, 1.807) is 11.3 Å². The van der Waals surface area contributed by atoms with Crippen molar-refractivity contribution in [2.24, 2.45) is 5.73 Å². The Morgan fingerprint density at radius 3 is 2.57 bits per heavy atom. The summed E-state index contributed by atoms with van der Waals surface area (Å²) >= 11 is 1.66. The summed E-state index contributed by atoms with van der Waals surface area (Å²) in [6.07, 6.45) is 1.22. The van der Waals surface area contributed by atoms with Crippen molar-refractivity contribution in [1.29, 1.82) is 0 Å². The molecule has 0 spiro atoms. The summed E-state index contributed by atoms with van der Waals surface area (Å²) in [5.41, 5.74) is 5.77. The number of aliphatic hydroxyl groups is 1. The second kappa shape index (κ2) is 4.38. The quantitative estimate of drug-likeness (QED) is 0.796. The summed E-state index contributed by atoms with van der Waals surface area (Å²) in [6.45, 7) is 6.36. The fourth-order valence-electron chi connectivity index (χ4n) is 1.34. The van der Waals surface area contributed by atoms with E-state index in [0.717, 1.165) is 10.7 Å². The van der Waals surface area contributed by atoms with Crippen molar-refractivity contribution in [2.45, 2.75) is 39.2 Å². The predicted molar refractivity (Wildman–Crippen MR) is 59.6 cm³/mol. The van der Waals surface area contributed by atoms with Gasteiger partial charge in [-0.2, -0.15) is 0 Å². The standard InChI is InChI=1S/C10H18N2OS/c1-7-8(2)14-9(12-7)6-10(3,13)4-5-11/h13H,4-6,11H2,1-3H3. The predicted octanol–water partition coefficient (Wildman–Crippen LogP) is 1.40. The van der Waals surface area contributed by atoms with Crippen LogP contribution in [-0.2, 0) is 6.42 Å². The van der Waals surface area contributed by atoms with E-state index in [1.165, 1.54) is 4.88 Å². The first kappa shape index (κ1) is 11.6. The van der Waals surface area contributed by atoms with Gasteiger partial charge >= 0.3 is 0 Å². The zero-order valence-corrected chi connectivity index (χ0v) is 9.82. The molecule has 80 valence electrons. The molecule has 0 amide bonds. The third-order valence-corrected chi connectivity index (χ3v) is 3.36. The molecule has 0 aliphatic heterocycles. The van der Waals surface area contributed by atoms with Crippen molar-refractivity contribution in [2.75, 3.05) is 6.54 Å². The number of aromatic nitrogens is 1. The summed E-state index contributed by atoms with van der Waals surface area (Å²) in [5.74, 6) is 0. The molecule has 0 bridgehead atoms. The Hall–Kier alpha value is -0.450. The van der Waals surface area contributed by atoms with Crippen LogP contribution >= 0.6 is 11.3 Å². The molecule has 1 atom stereocenters. The number of nitrogens with two attached hydrogens (primary N) is 1. The summed E-state index contributed by atoms with van der Waals surface area (Å²) in [5, 5.41) is 11.0. The highest BCUT2D eigenvalue weighted by atomic mass is 32.1. The zero-order valence-electron chi connectivity index (χ0n) is 9.00. The van der Waals surface area contributed by atoms with Crippen molar-refractivity contribution in [3.63, 3.8) is 0 Å². The second-order valence-electron chi connectivity index (χ2n) is 3.96. The highest BCUT2D eigenvalue weighted by Gasteiger charge is 2.21. The molecule has 1 aromatic rings. The third kappa shape index (κ3) is 3.04. The summed E-state index contributed by atoms with van der Waals surface area (Å²) in [7, 11) is 0. The molecular formula is C10H18N2OS. The molecule has 0 aliphatic carbocycles. The molecule has 0 radical (unpaired) electrons. The fourth-order valence-corrected chi connectivity index (χ4v) is 2.45. The topological polar surface area (TPSA) is 59.1 Å². The van der Waals surface area contributed by atoms with Crippen LogP contribution in [0.3, 0.4) is 0 Å². The molecule has 0 fully saturated rings. The van der Waals surface area contributed by atoms with Crippen molar-refractivity contribution in [3.05, 3.63) is 15.6 Å². The van der Waals surface area contributed by atoms with E-state index in [0.29, 0.717) is 19.4 Å². The van der Waals surface area contributed by atoms with Gasteiger partial charge in [-0.3, -0.25) is 0 Å². The van der Waals surface area contributed by atoms with Crippen LogP contribution in [0, 0.1) is 13.8 Å². The van der Waals surface area contributed by atoms with Crippen molar-refractivity contribution >= 4 is 11.3 Å². The van der Waals surface area contributed by atoms with Crippen LogP contribution in [0.4, 0.5) is 0 Å². The Kier molecular flexibility index (Phi) is 3.64. The molecule has 1 aromatic heterocycles. The molecule has 1 unspecified atom stereocenters. The van der Waals surface area contributed by atoms with Crippen LogP contribution in [0.2, 0.25) is 0 Å². The average molecular weight is 214 g/mol. The van der Waals surface area contributed by atoms with Gasteiger partial charge in [0, 0.05) is 11.3 Å². The zero-order chi connectivity index (χ0) is 10.8. The molecule has 0 aliphatic rings. The van der Waals surface area contributed by atoms with E-state index in [1.807, 2.05) is 20.8 Å². The Morgan fingerprint density at radius 2 is 2.14 bits per heavy atom. The Bertz CT molecular complexity index is 288. The van der Waals surface area contributed by atoms with Gasteiger partial charge in [0.05, 0.1) is 16.3 Å². The minimum absolute atomic E-state index is 0.510. The minimum Gasteiger partial charge on any atom is -0.390 e. The lowest BCUT2D eigenvalue weighted by atomic mass is 9.99. The first-order valence-corrected chi connectivity index (χ1v) is 5.61. The van der Waals surface area contributed by atoms with E-state index in [9.17, 15) is 5.11 Å². The minimum atomic E-state index is -0.717. The van der Waals surface area contributed by atoms with Gasteiger partial charge in [0.2, 0.25) is 0 Å². The number of thiazole rings is 1. The van der Waals surface area contributed by atoms with E-state index >= 15 is 0 Å². The molecule has 0 saturated carbocycles. The Labute approximate surface area is 89.0 Å². The first-order chi connectivity index (χ1) is 6.44. The van der Waals surface area contributed by atoms with Crippen LogP contribution in [-0.4, -0.2) is 22.2 Å². The van der Waals surface area contributed by atoms with Crippen molar-refractivity contribution in [3.8, 4) is 0 Å². The highest BCUT2D eigenvalue weighted by Crippen LogP contribution is 2.22. The summed E-state index contributed by atoms with van der Waals surface area (Å²) < 4.78 is 0. The SMILES string of the molecule is Cc1nc(CC(C)(O)CCN)sc1C. The van der Waals surface area contributed by atoms with Crippen molar-refractivity contribution in [1.82, 2.24) is 4.98 Å². The number of hydrogen-bond donors (Lipinski definition) is 2. The fraction of sp³-hybridized carbons (Fsp3) is 0.700. The molecular weight excluding hydrogens is 196 g/mol. The number of hydrogen-bond acceptors (Lipinski definition) is 4. The summed E-state index contributed by atoms with van der Waals surface area (Å²) in [4.78, 5) is 5.62. The van der Waals surface area contributed by atoms with Gasteiger partial charge in [0.15, 0.2) is 0 Å². The van der Waals surface area contributed by atoms with Gasteiger partial charge in [-0.25, -0.2) is 4.98 Å². The highest BCUT2D eigenvalue weighted by molar-refractivity contribution is 7.11. The lowest BCUT2D eigenvalue weighted by Gasteiger charge is -2.20. The smallest absolute Gasteiger partial charge is 0.0959 e. The van der Waals surface area contributed by atoms with Gasteiger partial charge in [-0.15, -0.1) is 11.3 Å². The molecule has 4 heteroatoms. The maximum atomic E-state index is 9.95. The van der Waals surface area contributed by atoms with Gasteiger partial charge in [0.25, 0.3) is 0 Å². The number of rotatable bonds is 4. The van der Waals surface area contributed by atoms with E-state index in [-0.39, 0.29) is 0 Å². The van der Waals surface area contributed by atoms with Crippen LogP contribution in [0.1, 0.15) is 28.9 Å². The maximum Gasteiger partial charge on any atom is 0.0959 e. The van der Waals surface area contributed by atoms with E-state index in [2.05, 4.69) is 4.98 Å². The van der Waals surface area contributed by atoms with Gasteiger partial charge < -0.3 is 10.8 Å². The molecule has 0 aromatic carbocycles. The van der Waals surface area contributed by atoms with Crippen LogP contribution in [0.25, 0.3) is 0 Å². The van der Waals surface area contributed by atoms with E-state index in [4.69, 9.17) is 5.73 Å². The summed E-state index contributed by atoms with van der Waals surface area (Å²) in [6, 6.07) is 0. The lowest BCUT2D eigenvalue weighted by molar-refractivity contribution is 0.0538. The Balaban J connectivity index is 2.68. The first-order valence-electron chi connectivity index (χ1n) is 4.80. The largest absolute Gasteiger partial charge is 0.390 e. The van der Waals surface area contributed by atoms with Gasteiger partial charge in [-0.1, -0.05) is 0 Å². The van der Waals surface area contributed by atoms with Crippen LogP contribution in [0.5, 0.6) is 0 Å². The normalized spacial score (nSPS) is 15.5. The molecule has 3 N–H and O–H groups in total. The van der Waals surface area contributed by atoms with Gasteiger partial charge in [0.1, 0.15) is 0 Å². The number of aryl methyl sites for hydroxylation is 2. The monoisotopic (exact) mass is 214 g/mol. The van der Waals surface area contributed by atoms with Crippen LogP contribution < -0.4 is 5.73 Å². The van der Waals surface area contributed by atoms with Crippen molar-refractivity contribution < 1.29 is 5.11 Å². The van der Waals surface area contributed by atoms with Gasteiger partial charge in [-0.05, 0) is 33.7 Å². The third-order valence-electron chi connectivity index (χ3n) is 2.29.